The second-order valence-electron chi connectivity index (χ2n) is 5.70. The highest BCUT2D eigenvalue weighted by molar-refractivity contribution is 6.30. The molecule has 3 aromatic heterocycles. The highest BCUT2D eigenvalue weighted by atomic mass is 35.5. The van der Waals surface area contributed by atoms with E-state index in [1.165, 1.54) is 12.3 Å². The lowest BCUT2D eigenvalue weighted by atomic mass is 10.1. The average Bonchev–Trinajstić information content (AvgIpc) is 3.01. The van der Waals surface area contributed by atoms with Crippen LogP contribution in [0.4, 0.5) is 0 Å². The predicted octanol–water partition coefficient (Wildman–Crippen LogP) is 2.31. The first kappa shape index (κ1) is 18.8. The molecule has 3 aromatic rings. The molecule has 0 aromatic carbocycles. The standard InChI is InChI=1S/C18H17ClN4O4/c1-10-13(17(23-27-10)15-4-2-11(19)8-21-15)9-26-16-5-3-12(18(20)25)14(22-16)6-7-24/h2-5,8,24H,6-7,9H2,1H3,(H2,20,25). The van der Waals surface area contributed by atoms with Crippen LogP contribution in [-0.4, -0.2) is 32.7 Å². The number of aliphatic hydroxyl groups excluding tert-OH is 1. The van der Waals surface area contributed by atoms with E-state index < -0.39 is 5.91 Å². The molecule has 0 fully saturated rings. The summed E-state index contributed by atoms with van der Waals surface area (Å²) in [5.41, 5.74) is 7.83. The number of primary amides is 1. The molecule has 0 aliphatic heterocycles. The molecule has 8 nitrogen and oxygen atoms in total. The number of rotatable bonds is 7. The molecule has 27 heavy (non-hydrogen) atoms. The van der Waals surface area contributed by atoms with E-state index in [0.29, 0.717) is 39.3 Å². The van der Waals surface area contributed by atoms with Gasteiger partial charge in [-0.2, -0.15) is 0 Å². The smallest absolute Gasteiger partial charge is 0.250 e. The van der Waals surface area contributed by atoms with Gasteiger partial charge in [0.25, 0.3) is 5.91 Å². The van der Waals surface area contributed by atoms with E-state index in [0.717, 1.165) is 0 Å². The molecule has 3 rings (SSSR count). The minimum Gasteiger partial charge on any atom is -0.473 e. The number of aliphatic hydroxyl groups is 1. The first-order chi connectivity index (χ1) is 13.0. The van der Waals surface area contributed by atoms with Gasteiger partial charge in [-0.15, -0.1) is 0 Å². The van der Waals surface area contributed by atoms with E-state index in [2.05, 4.69) is 15.1 Å². The molecular weight excluding hydrogens is 372 g/mol. The topological polar surface area (TPSA) is 124 Å². The molecule has 140 valence electrons. The van der Waals surface area contributed by atoms with Crippen LogP contribution in [0.5, 0.6) is 5.88 Å². The second-order valence-corrected chi connectivity index (χ2v) is 6.13. The quantitative estimate of drug-likeness (QED) is 0.636. The van der Waals surface area contributed by atoms with Crippen LogP contribution in [0.1, 0.15) is 27.4 Å². The Hall–Kier alpha value is -2.97. The lowest BCUT2D eigenvalue weighted by Gasteiger charge is -2.09. The van der Waals surface area contributed by atoms with Gasteiger partial charge in [-0.25, -0.2) is 4.98 Å². The molecule has 0 spiro atoms. The third-order valence-electron chi connectivity index (χ3n) is 3.88. The third-order valence-corrected chi connectivity index (χ3v) is 4.11. The van der Waals surface area contributed by atoms with Gasteiger partial charge in [0.2, 0.25) is 5.88 Å². The Bertz CT molecular complexity index is 956. The number of aryl methyl sites for hydroxylation is 1. The first-order valence-corrected chi connectivity index (χ1v) is 8.48. The number of amides is 1. The highest BCUT2D eigenvalue weighted by Gasteiger charge is 2.17. The summed E-state index contributed by atoms with van der Waals surface area (Å²) < 4.78 is 11.0. The number of hydrogen-bond donors (Lipinski definition) is 2. The predicted molar refractivity (Wildman–Crippen MR) is 97.4 cm³/mol. The number of hydrogen-bond acceptors (Lipinski definition) is 7. The number of carbonyl (C=O) groups is 1. The minimum atomic E-state index is -0.608. The van der Waals surface area contributed by atoms with Crippen molar-refractivity contribution in [1.82, 2.24) is 15.1 Å². The number of ether oxygens (including phenoxy) is 1. The van der Waals surface area contributed by atoms with Crippen molar-refractivity contribution in [2.45, 2.75) is 20.0 Å². The zero-order valence-electron chi connectivity index (χ0n) is 14.5. The molecule has 0 saturated heterocycles. The molecule has 0 aliphatic carbocycles. The van der Waals surface area contributed by atoms with E-state index in [4.69, 9.17) is 31.7 Å². The van der Waals surface area contributed by atoms with Crippen molar-refractivity contribution in [2.24, 2.45) is 5.73 Å². The van der Waals surface area contributed by atoms with Gasteiger partial charge < -0.3 is 20.1 Å². The number of aromatic nitrogens is 3. The van der Waals surface area contributed by atoms with Gasteiger partial charge in [0.1, 0.15) is 18.1 Å². The molecule has 0 unspecified atom stereocenters. The molecule has 3 N–H and O–H groups in total. The monoisotopic (exact) mass is 388 g/mol. The number of nitrogens with two attached hydrogens (primary N) is 1. The second kappa shape index (κ2) is 8.15. The van der Waals surface area contributed by atoms with Crippen LogP contribution in [0.15, 0.2) is 35.0 Å². The Labute approximate surface area is 159 Å². The lowest BCUT2D eigenvalue weighted by molar-refractivity contribution is 0.0998. The number of halogens is 1. The van der Waals surface area contributed by atoms with Crippen molar-refractivity contribution in [3.05, 3.63) is 58.1 Å². The van der Waals surface area contributed by atoms with Crippen molar-refractivity contribution < 1.29 is 19.2 Å². The molecular formula is C18H17ClN4O4. The summed E-state index contributed by atoms with van der Waals surface area (Å²) in [7, 11) is 0. The summed E-state index contributed by atoms with van der Waals surface area (Å²) in [5.74, 6) is 0.272. The van der Waals surface area contributed by atoms with E-state index in [1.54, 1.807) is 25.1 Å². The zero-order chi connectivity index (χ0) is 19.4. The third kappa shape index (κ3) is 4.24. The Kier molecular flexibility index (Phi) is 5.68. The maximum atomic E-state index is 11.4. The molecule has 0 radical (unpaired) electrons. The average molecular weight is 389 g/mol. The van der Waals surface area contributed by atoms with E-state index in [-0.39, 0.29) is 25.2 Å². The van der Waals surface area contributed by atoms with Crippen LogP contribution in [0.2, 0.25) is 5.02 Å². The number of nitrogens with zero attached hydrogens (tertiary/aromatic N) is 3. The van der Waals surface area contributed by atoms with Crippen LogP contribution in [0.3, 0.4) is 0 Å². The normalized spacial score (nSPS) is 10.8. The van der Waals surface area contributed by atoms with Crippen molar-refractivity contribution in [2.75, 3.05) is 6.61 Å². The lowest BCUT2D eigenvalue weighted by Crippen LogP contribution is -2.16. The summed E-state index contributed by atoms with van der Waals surface area (Å²) in [5, 5.41) is 13.7. The van der Waals surface area contributed by atoms with Crippen LogP contribution in [0.25, 0.3) is 11.4 Å². The Morgan fingerprint density at radius 1 is 1.33 bits per heavy atom. The minimum absolute atomic E-state index is 0.135. The summed E-state index contributed by atoms with van der Waals surface area (Å²) in [6.45, 7) is 1.75. The molecule has 1 amide bonds. The van der Waals surface area contributed by atoms with Gasteiger partial charge in [0, 0.05) is 25.3 Å². The van der Waals surface area contributed by atoms with E-state index >= 15 is 0 Å². The zero-order valence-corrected chi connectivity index (χ0v) is 15.2. The summed E-state index contributed by atoms with van der Waals surface area (Å²) in [6, 6.07) is 6.52. The maximum Gasteiger partial charge on any atom is 0.250 e. The van der Waals surface area contributed by atoms with Gasteiger partial charge in [0.05, 0.1) is 27.5 Å². The van der Waals surface area contributed by atoms with Crippen molar-refractivity contribution in [1.29, 1.82) is 0 Å². The molecule has 0 aliphatic rings. The van der Waals surface area contributed by atoms with Gasteiger partial charge >= 0.3 is 0 Å². The fourth-order valence-electron chi connectivity index (χ4n) is 2.51. The molecule has 9 heteroatoms. The first-order valence-electron chi connectivity index (χ1n) is 8.10. The number of pyridine rings is 2. The molecule has 3 heterocycles. The highest BCUT2D eigenvalue weighted by Crippen LogP contribution is 2.26. The number of carbonyl (C=O) groups excluding carboxylic acids is 1. The Morgan fingerprint density at radius 2 is 2.15 bits per heavy atom. The van der Waals surface area contributed by atoms with E-state index in [9.17, 15) is 4.79 Å². The fraction of sp³-hybridized carbons (Fsp3) is 0.222. The van der Waals surface area contributed by atoms with Crippen LogP contribution >= 0.6 is 11.6 Å². The van der Waals surface area contributed by atoms with E-state index in [1.807, 2.05) is 0 Å². The van der Waals surface area contributed by atoms with Gasteiger partial charge in [-0.3, -0.25) is 9.78 Å². The Morgan fingerprint density at radius 3 is 2.81 bits per heavy atom. The summed E-state index contributed by atoms with van der Waals surface area (Å²) in [4.78, 5) is 19.9. The molecule has 0 bridgehead atoms. The Balaban J connectivity index is 1.83. The fourth-order valence-corrected chi connectivity index (χ4v) is 2.62. The van der Waals surface area contributed by atoms with Crippen LogP contribution in [-0.2, 0) is 13.0 Å². The molecule has 0 saturated carbocycles. The molecule has 0 atom stereocenters. The summed E-state index contributed by atoms with van der Waals surface area (Å²) in [6.07, 6.45) is 1.72. The van der Waals surface area contributed by atoms with Crippen LogP contribution < -0.4 is 10.5 Å². The van der Waals surface area contributed by atoms with Crippen LogP contribution in [0, 0.1) is 6.92 Å². The van der Waals surface area contributed by atoms with Gasteiger partial charge in [-0.05, 0) is 25.1 Å². The van der Waals surface area contributed by atoms with Crippen molar-refractivity contribution in [3.63, 3.8) is 0 Å². The SMILES string of the molecule is Cc1onc(-c2ccc(Cl)cn2)c1COc1ccc(C(N)=O)c(CCO)n1. The van der Waals surface area contributed by atoms with Crippen molar-refractivity contribution in [3.8, 4) is 17.3 Å². The van der Waals surface area contributed by atoms with Crippen molar-refractivity contribution >= 4 is 17.5 Å². The summed E-state index contributed by atoms with van der Waals surface area (Å²) >= 11 is 5.87. The largest absolute Gasteiger partial charge is 0.473 e. The maximum absolute atomic E-state index is 11.4. The van der Waals surface area contributed by atoms with Gasteiger partial charge in [0.15, 0.2) is 0 Å². The van der Waals surface area contributed by atoms with Gasteiger partial charge in [-0.1, -0.05) is 16.8 Å².